The van der Waals surface area contributed by atoms with Gasteiger partial charge in [0.25, 0.3) is 5.91 Å². The Kier molecular flexibility index (Phi) is 7.59. The summed E-state index contributed by atoms with van der Waals surface area (Å²) in [4.78, 5) is 25.3. The number of carbonyl (C=O) groups excluding carboxylic acids is 2. The van der Waals surface area contributed by atoms with E-state index in [4.69, 9.17) is 27.9 Å². The third-order valence-electron chi connectivity index (χ3n) is 6.09. The Morgan fingerprint density at radius 1 is 1.09 bits per heavy atom. The second-order valence-electron chi connectivity index (χ2n) is 8.44. The van der Waals surface area contributed by atoms with Crippen LogP contribution in [0.4, 0.5) is 0 Å². The zero-order chi connectivity index (χ0) is 24.2. The van der Waals surface area contributed by atoms with E-state index in [-0.39, 0.29) is 17.9 Å². The molecule has 0 radical (unpaired) electrons. The van der Waals surface area contributed by atoms with E-state index in [0.29, 0.717) is 39.3 Å². The SMILES string of the molecule is CCOC(=O)c1ccc(-c2c(C)c(C(=O)NC3CCCCC3)nn2-c2ccc(Cl)cc2Cl)cc1. The normalized spacial score (nSPS) is 14.1. The van der Waals surface area contributed by atoms with Crippen molar-refractivity contribution in [1.29, 1.82) is 0 Å². The van der Waals surface area contributed by atoms with Gasteiger partial charge in [-0.25, -0.2) is 9.48 Å². The summed E-state index contributed by atoms with van der Waals surface area (Å²) in [5, 5.41) is 8.76. The number of benzene rings is 2. The molecule has 1 amide bonds. The number of halogens is 2. The number of rotatable bonds is 6. The molecular weight excluding hydrogens is 473 g/mol. The second kappa shape index (κ2) is 10.6. The zero-order valence-corrected chi connectivity index (χ0v) is 20.7. The van der Waals surface area contributed by atoms with Gasteiger partial charge >= 0.3 is 5.97 Å². The van der Waals surface area contributed by atoms with Gasteiger partial charge in [0.05, 0.1) is 28.6 Å². The molecule has 0 saturated heterocycles. The van der Waals surface area contributed by atoms with Crippen LogP contribution in [0.25, 0.3) is 16.9 Å². The van der Waals surface area contributed by atoms with E-state index in [9.17, 15) is 9.59 Å². The minimum Gasteiger partial charge on any atom is -0.462 e. The lowest BCUT2D eigenvalue weighted by Gasteiger charge is -2.22. The highest BCUT2D eigenvalue weighted by molar-refractivity contribution is 6.35. The van der Waals surface area contributed by atoms with Crippen LogP contribution in [0.1, 0.15) is 65.4 Å². The molecule has 8 heteroatoms. The number of carbonyl (C=O) groups is 2. The zero-order valence-electron chi connectivity index (χ0n) is 19.2. The van der Waals surface area contributed by atoms with Crippen molar-refractivity contribution in [3.63, 3.8) is 0 Å². The maximum absolute atomic E-state index is 13.2. The molecule has 0 bridgehead atoms. The number of nitrogens with zero attached hydrogens (tertiary/aromatic N) is 2. The number of hydrogen-bond donors (Lipinski definition) is 1. The molecule has 0 unspecified atom stereocenters. The quantitative estimate of drug-likeness (QED) is 0.398. The van der Waals surface area contributed by atoms with Crippen molar-refractivity contribution in [3.8, 4) is 16.9 Å². The molecule has 0 atom stereocenters. The van der Waals surface area contributed by atoms with E-state index in [2.05, 4.69) is 10.4 Å². The predicted octanol–water partition coefficient (Wildman–Crippen LogP) is 6.39. The minimum absolute atomic E-state index is 0.164. The fraction of sp³-hybridized carbons (Fsp3) is 0.346. The van der Waals surface area contributed by atoms with Crippen molar-refractivity contribution in [2.45, 2.75) is 52.0 Å². The third-order valence-corrected chi connectivity index (χ3v) is 6.62. The second-order valence-corrected chi connectivity index (χ2v) is 9.28. The first kappa shape index (κ1) is 24.3. The summed E-state index contributed by atoms with van der Waals surface area (Å²) in [5.74, 6) is -0.579. The van der Waals surface area contributed by atoms with Crippen LogP contribution in [-0.4, -0.2) is 34.3 Å². The van der Waals surface area contributed by atoms with E-state index in [1.807, 2.05) is 19.1 Å². The van der Waals surface area contributed by atoms with Crippen molar-refractivity contribution in [3.05, 3.63) is 69.3 Å². The molecule has 34 heavy (non-hydrogen) atoms. The minimum atomic E-state index is -0.382. The van der Waals surface area contributed by atoms with Gasteiger partial charge in [-0.2, -0.15) is 5.10 Å². The fourth-order valence-corrected chi connectivity index (χ4v) is 4.85. The lowest BCUT2D eigenvalue weighted by Crippen LogP contribution is -2.36. The van der Waals surface area contributed by atoms with Gasteiger partial charge < -0.3 is 10.1 Å². The maximum Gasteiger partial charge on any atom is 0.338 e. The van der Waals surface area contributed by atoms with Crippen LogP contribution in [0.2, 0.25) is 10.0 Å². The van der Waals surface area contributed by atoms with Gasteiger partial charge in [-0.15, -0.1) is 0 Å². The Labute approximate surface area is 209 Å². The van der Waals surface area contributed by atoms with Gasteiger partial charge in [-0.3, -0.25) is 4.79 Å². The van der Waals surface area contributed by atoms with Crippen molar-refractivity contribution in [2.75, 3.05) is 6.61 Å². The Hall–Kier alpha value is -2.83. The predicted molar refractivity (Wildman–Crippen MR) is 134 cm³/mol. The Morgan fingerprint density at radius 2 is 1.79 bits per heavy atom. The molecule has 1 saturated carbocycles. The van der Waals surface area contributed by atoms with E-state index in [1.54, 1.807) is 41.9 Å². The summed E-state index contributed by atoms with van der Waals surface area (Å²) in [6.07, 6.45) is 5.42. The fourth-order valence-electron chi connectivity index (χ4n) is 4.36. The average Bonchev–Trinajstić information content (AvgIpc) is 3.17. The van der Waals surface area contributed by atoms with Crippen molar-refractivity contribution in [1.82, 2.24) is 15.1 Å². The van der Waals surface area contributed by atoms with Crippen LogP contribution in [0.15, 0.2) is 42.5 Å². The van der Waals surface area contributed by atoms with Gasteiger partial charge in [-0.05, 0) is 57.0 Å². The highest BCUT2D eigenvalue weighted by atomic mass is 35.5. The topological polar surface area (TPSA) is 73.2 Å². The molecule has 2 aromatic carbocycles. The first-order valence-corrected chi connectivity index (χ1v) is 12.3. The summed E-state index contributed by atoms with van der Waals surface area (Å²) < 4.78 is 6.76. The molecule has 1 heterocycles. The van der Waals surface area contributed by atoms with Crippen LogP contribution in [0.5, 0.6) is 0 Å². The third kappa shape index (κ3) is 5.13. The van der Waals surface area contributed by atoms with Gasteiger partial charge in [0.2, 0.25) is 0 Å². The van der Waals surface area contributed by atoms with Crippen LogP contribution in [0, 0.1) is 6.92 Å². The lowest BCUT2D eigenvalue weighted by atomic mass is 9.95. The first-order chi connectivity index (χ1) is 16.4. The summed E-state index contributed by atoms with van der Waals surface area (Å²) >= 11 is 12.6. The molecule has 0 aliphatic heterocycles. The molecule has 1 aromatic heterocycles. The summed E-state index contributed by atoms with van der Waals surface area (Å²) in [5.41, 5.74) is 3.64. The molecule has 3 aromatic rings. The van der Waals surface area contributed by atoms with Crippen LogP contribution < -0.4 is 5.32 Å². The molecule has 4 rings (SSSR count). The smallest absolute Gasteiger partial charge is 0.338 e. The number of esters is 1. The largest absolute Gasteiger partial charge is 0.462 e. The van der Waals surface area contributed by atoms with E-state index in [1.165, 1.54) is 6.42 Å². The number of aromatic nitrogens is 2. The van der Waals surface area contributed by atoms with Gasteiger partial charge in [0, 0.05) is 22.2 Å². The summed E-state index contributed by atoms with van der Waals surface area (Å²) in [6.45, 7) is 3.95. The molecule has 1 N–H and O–H groups in total. The standard InChI is InChI=1S/C26H27Cl2N3O3/c1-3-34-26(33)18-11-9-17(10-12-18)24-16(2)23(25(32)29-20-7-5-4-6-8-20)30-31(24)22-14-13-19(27)15-21(22)28/h9-15,20H,3-8H2,1-2H3,(H,29,32). The number of amides is 1. The number of hydrogen-bond acceptors (Lipinski definition) is 4. The van der Waals surface area contributed by atoms with Gasteiger partial charge in [0.1, 0.15) is 0 Å². The van der Waals surface area contributed by atoms with E-state index in [0.717, 1.165) is 36.8 Å². The highest BCUT2D eigenvalue weighted by Crippen LogP contribution is 2.33. The monoisotopic (exact) mass is 499 g/mol. The average molecular weight is 500 g/mol. The van der Waals surface area contributed by atoms with E-state index < -0.39 is 0 Å². The molecule has 6 nitrogen and oxygen atoms in total. The highest BCUT2D eigenvalue weighted by Gasteiger charge is 2.25. The molecule has 1 fully saturated rings. The molecule has 1 aliphatic rings. The Bertz CT molecular complexity index is 1200. The van der Waals surface area contributed by atoms with Crippen LogP contribution >= 0.6 is 23.2 Å². The first-order valence-electron chi connectivity index (χ1n) is 11.5. The summed E-state index contributed by atoms with van der Waals surface area (Å²) in [7, 11) is 0. The van der Waals surface area contributed by atoms with Crippen molar-refractivity contribution in [2.24, 2.45) is 0 Å². The van der Waals surface area contributed by atoms with Gasteiger partial charge in [0.15, 0.2) is 5.69 Å². The molecular formula is C26H27Cl2N3O3. The number of nitrogens with one attached hydrogen (secondary N) is 1. The van der Waals surface area contributed by atoms with Crippen LogP contribution in [-0.2, 0) is 4.74 Å². The molecule has 178 valence electrons. The lowest BCUT2D eigenvalue weighted by molar-refractivity contribution is 0.0526. The van der Waals surface area contributed by atoms with Crippen molar-refractivity contribution >= 4 is 35.1 Å². The summed E-state index contributed by atoms with van der Waals surface area (Å²) in [6, 6.07) is 12.4. The Balaban J connectivity index is 1.77. The van der Waals surface area contributed by atoms with Crippen molar-refractivity contribution < 1.29 is 14.3 Å². The number of ether oxygens (including phenoxy) is 1. The Morgan fingerprint density at radius 3 is 2.44 bits per heavy atom. The molecule has 1 aliphatic carbocycles. The van der Waals surface area contributed by atoms with E-state index >= 15 is 0 Å². The maximum atomic E-state index is 13.2. The van der Waals surface area contributed by atoms with Crippen LogP contribution in [0.3, 0.4) is 0 Å². The van der Waals surface area contributed by atoms with Gasteiger partial charge in [-0.1, -0.05) is 54.6 Å². The molecule has 0 spiro atoms.